The van der Waals surface area contributed by atoms with E-state index in [1.807, 2.05) is 0 Å². The normalized spacial score (nSPS) is 13.0. The number of amides is 2. The Kier molecular flexibility index (Phi) is 9.18. The Labute approximate surface area is 203 Å². The van der Waals surface area contributed by atoms with E-state index in [2.05, 4.69) is 10.6 Å². The van der Waals surface area contributed by atoms with Crippen molar-refractivity contribution in [2.75, 3.05) is 10.6 Å². The molecule has 4 N–H and O–H groups in total. The molecule has 1 atom stereocenters. The summed E-state index contributed by atoms with van der Waals surface area (Å²) in [5.41, 5.74) is -3.42. The Morgan fingerprint density at radius 3 is 2.21 bits per heavy atom. The topological polar surface area (TPSA) is 116 Å². The number of hydrogen-bond acceptors (Lipinski definition) is 3. The minimum atomic E-state index is -4.90. The molecule has 0 fully saturated rings. The van der Waals surface area contributed by atoms with Crippen molar-refractivity contribution in [1.82, 2.24) is 0 Å². The van der Waals surface area contributed by atoms with Gasteiger partial charge in [0.05, 0.1) is 27.7 Å². The minimum absolute atomic E-state index is 0.162. The number of anilines is 2. The van der Waals surface area contributed by atoms with Gasteiger partial charge in [0, 0.05) is 5.69 Å². The molecule has 0 spiro atoms. The standard InChI is InChI=1S/C21H22Cl2F3N2O5P/c1-11(2)7-18(34(31,32)33)20(30)27-13-4-6-17(14(10-13)21(24,25)26)28-19(29)9-12-3-5-15(22)16(23)8-12/h3-6,8,10-11,18H,7,9H2,1-2H3,(H,27,30)(H,28,29)(H2,31,32,33). The average Bonchev–Trinajstić information content (AvgIpc) is 2.68. The molecule has 1 unspecified atom stereocenters. The fourth-order valence-corrected chi connectivity index (χ4v) is 4.45. The maximum absolute atomic E-state index is 13.6. The Morgan fingerprint density at radius 2 is 1.68 bits per heavy atom. The van der Waals surface area contributed by atoms with Crippen molar-refractivity contribution in [3.63, 3.8) is 0 Å². The lowest BCUT2D eigenvalue weighted by Gasteiger charge is -2.21. The van der Waals surface area contributed by atoms with Crippen LogP contribution in [0.2, 0.25) is 10.0 Å². The third kappa shape index (κ3) is 7.99. The fraction of sp³-hybridized carbons (Fsp3) is 0.333. The van der Waals surface area contributed by atoms with Gasteiger partial charge in [0.1, 0.15) is 5.66 Å². The highest BCUT2D eigenvalue weighted by Crippen LogP contribution is 2.45. The number of hydrogen-bond donors (Lipinski definition) is 4. The van der Waals surface area contributed by atoms with Gasteiger partial charge in [-0.3, -0.25) is 14.2 Å². The van der Waals surface area contributed by atoms with Gasteiger partial charge in [-0.1, -0.05) is 43.1 Å². The maximum atomic E-state index is 13.6. The molecule has 0 aliphatic rings. The van der Waals surface area contributed by atoms with Crippen molar-refractivity contribution in [1.29, 1.82) is 0 Å². The number of halogens is 5. The van der Waals surface area contributed by atoms with Gasteiger partial charge in [0.2, 0.25) is 11.8 Å². The molecule has 2 amide bonds. The van der Waals surface area contributed by atoms with E-state index < -0.39 is 42.5 Å². The minimum Gasteiger partial charge on any atom is -0.325 e. The first-order chi connectivity index (χ1) is 15.6. The summed E-state index contributed by atoms with van der Waals surface area (Å²) < 4.78 is 52.6. The van der Waals surface area contributed by atoms with E-state index in [9.17, 15) is 37.1 Å². The van der Waals surface area contributed by atoms with Gasteiger partial charge in [0.15, 0.2) is 0 Å². The highest BCUT2D eigenvalue weighted by atomic mass is 35.5. The molecular weight excluding hydrogens is 519 g/mol. The Balaban J connectivity index is 2.26. The van der Waals surface area contributed by atoms with E-state index in [1.54, 1.807) is 13.8 Å². The summed E-state index contributed by atoms with van der Waals surface area (Å²) in [6.45, 7) is 3.29. The molecule has 34 heavy (non-hydrogen) atoms. The van der Waals surface area contributed by atoms with E-state index >= 15 is 0 Å². The van der Waals surface area contributed by atoms with E-state index in [0.29, 0.717) is 11.6 Å². The van der Waals surface area contributed by atoms with Crippen LogP contribution >= 0.6 is 30.8 Å². The van der Waals surface area contributed by atoms with Crippen LogP contribution in [0.3, 0.4) is 0 Å². The third-order valence-corrected chi connectivity index (χ3v) is 6.61. The molecule has 0 aromatic heterocycles. The van der Waals surface area contributed by atoms with Crippen LogP contribution < -0.4 is 10.6 Å². The SMILES string of the molecule is CC(C)CC(C(=O)Nc1ccc(NC(=O)Cc2ccc(Cl)c(Cl)c2)c(C(F)(F)F)c1)P(=O)(O)O. The summed E-state index contributed by atoms with van der Waals surface area (Å²) >= 11 is 11.7. The lowest BCUT2D eigenvalue weighted by molar-refractivity contribution is -0.137. The number of carbonyl (C=O) groups excluding carboxylic acids is 2. The molecule has 0 bridgehead atoms. The highest BCUT2D eigenvalue weighted by Gasteiger charge is 2.37. The van der Waals surface area contributed by atoms with Crippen molar-refractivity contribution >= 4 is 54.0 Å². The first-order valence-electron chi connectivity index (χ1n) is 9.89. The molecule has 0 saturated heterocycles. The van der Waals surface area contributed by atoms with Crippen LogP contribution in [0.5, 0.6) is 0 Å². The largest absolute Gasteiger partial charge is 0.418 e. The number of carbonyl (C=O) groups is 2. The van der Waals surface area contributed by atoms with Crippen LogP contribution in [-0.2, 0) is 26.8 Å². The predicted octanol–water partition coefficient (Wildman–Crippen LogP) is 5.72. The fourth-order valence-electron chi connectivity index (χ4n) is 3.06. The van der Waals surface area contributed by atoms with Gasteiger partial charge in [0.25, 0.3) is 0 Å². The lowest BCUT2D eigenvalue weighted by atomic mass is 10.1. The smallest absolute Gasteiger partial charge is 0.325 e. The zero-order chi connectivity index (χ0) is 25.8. The van der Waals surface area contributed by atoms with Crippen LogP contribution in [0.25, 0.3) is 0 Å². The van der Waals surface area contributed by atoms with Crippen LogP contribution in [0, 0.1) is 5.92 Å². The van der Waals surface area contributed by atoms with Crippen molar-refractivity contribution < 1.29 is 37.1 Å². The molecule has 0 saturated carbocycles. The molecule has 0 heterocycles. The maximum Gasteiger partial charge on any atom is 0.418 e. The Morgan fingerprint density at radius 1 is 1.03 bits per heavy atom. The number of alkyl halides is 3. The van der Waals surface area contributed by atoms with Crippen molar-refractivity contribution in [2.45, 2.75) is 38.5 Å². The van der Waals surface area contributed by atoms with E-state index in [4.69, 9.17) is 23.2 Å². The van der Waals surface area contributed by atoms with Gasteiger partial charge >= 0.3 is 13.8 Å². The molecule has 0 aliphatic heterocycles. The molecule has 0 aliphatic carbocycles. The van der Waals surface area contributed by atoms with E-state index in [0.717, 1.165) is 12.1 Å². The van der Waals surface area contributed by atoms with Crippen LogP contribution in [0.4, 0.5) is 24.5 Å². The van der Waals surface area contributed by atoms with E-state index in [1.165, 1.54) is 18.2 Å². The van der Waals surface area contributed by atoms with Gasteiger partial charge < -0.3 is 20.4 Å². The molecule has 7 nitrogen and oxygen atoms in total. The Bertz CT molecular complexity index is 1120. The van der Waals surface area contributed by atoms with Crippen LogP contribution in [0.15, 0.2) is 36.4 Å². The summed E-state index contributed by atoms with van der Waals surface area (Å²) in [5, 5.41) is 4.76. The zero-order valence-electron chi connectivity index (χ0n) is 18.0. The molecule has 2 rings (SSSR count). The first kappa shape index (κ1) is 28.1. The summed E-state index contributed by atoms with van der Waals surface area (Å²) in [5.74, 6) is -2.10. The van der Waals surface area contributed by atoms with Crippen molar-refractivity contribution in [2.24, 2.45) is 5.92 Å². The Hall–Kier alpha value is -2.10. The molecule has 2 aromatic carbocycles. The second kappa shape index (κ2) is 11.1. The predicted molar refractivity (Wildman–Crippen MR) is 124 cm³/mol. The molecule has 186 valence electrons. The second-order valence-electron chi connectivity index (χ2n) is 7.96. The van der Waals surface area contributed by atoms with Gasteiger partial charge in [-0.15, -0.1) is 0 Å². The monoisotopic (exact) mass is 540 g/mol. The van der Waals surface area contributed by atoms with Gasteiger partial charge in [-0.25, -0.2) is 0 Å². The highest BCUT2D eigenvalue weighted by molar-refractivity contribution is 7.53. The number of nitrogens with one attached hydrogen (secondary N) is 2. The third-order valence-electron chi connectivity index (χ3n) is 4.62. The van der Waals surface area contributed by atoms with Crippen LogP contribution in [0.1, 0.15) is 31.4 Å². The second-order valence-corrected chi connectivity index (χ2v) is 10.6. The summed E-state index contributed by atoms with van der Waals surface area (Å²) in [6, 6.07) is 7.00. The molecule has 2 aromatic rings. The molecule has 0 radical (unpaired) electrons. The van der Waals surface area contributed by atoms with Crippen LogP contribution in [-0.4, -0.2) is 27.3 Å². The zero-order valence-corrected chi connectivity index (χ0v) is 20.4. The summed E-state index contributed by atoms with van der Waals surface area (Å²) in [4.78, 5) is 43.6. The number of benzene rings is 2. The summed E-state index contributed by atoms with van der Waals surface area (Å²) in [7, 11) is -4.84. The molecule has 13 heteroatoms. The average molecular weight is 541 g/mol. The number of rotatable bonds is 8. The van der Waals surface area contributed by atoms with E-state index in [-0.39, 0.29) is 34.5 Å². The van der Waals surface area contributed by atoms with Gasteiger partial charge in [-0.2, -0.15) is 13.2 Å². The van der Waals surface area contributed by atoms with Crippen molar-refractivity contribution in [3.8, 4) is 0 Å². The lowest BCUT2D eigenvalue weighted by Crippen LogP contribution is -2.29. The summed E-state index contributed by atoms with van der Waals surface area (Å²) in [6.07, 6.45) is -5.33. The first-order valence-corrected chi connectivity index (χ1v) is 12.3. The quantitative estimate of drug-likeness (QED) is 0.319. The van der Waals surface area contributed by atoms with Gasteiger partial charge in [-0.05, 0) is 48.2 Å². The van der Waals surface area contributed by atoms with Crippen molar-refractivity contribution in [3.05, 3.63) is 57.6 Å². The molecular formula is C21H22Cl2F3N2O5P.